The molecule has 4 rings (SSSR count). The molecular formula is C25H30ClFN4O3. The van der Waals surface area contributed by atoms with Gasteiger partial charge < -0.3 is 10.1 Å². The third-order valence-corrected chi connectivity index (χ3v) is 6.29. The lowest BCUT2D eigenvalue weighted by molar-refractivity contribution is -0.198. The number of hydroxylamine groups is 1. The van der Waals surface area contributed by atoms with Crippen LogP contribution in [0, 0.1) is 5.82 Å². The smallest absolute Gasteiger partial charge is 0.267 e. The van der Waals surface area contributed by atoms with Crippen LogP contribution >= 0.6 is 11.6 Å². The van der Waals surface area contributed by atoms with E-state index in [-0.39, 0.29) is 24.1 Å². The number of nitrogens with one attached hydrogen (secondary N) is 2. The summed E-state index contributed by atoms with van der Waals surface area (Å²) >= 11 is 6.43. The third kappa shape index (κ3) is 7.24. The van der Waals surface area contributed by atoms with Crippen molar-refractivity contribution in [1.29, 1.82) is 0 Å². The van der Waals surface area contributed by atoms with Crippen molar-refractivity contribution < 1.29 is 18.8 Å². The number of amides is 1. The number of anilines is 1. The van der Waals surface area contributed by atoms with Crippen LogP contribution < -0.4 is 10.8 Å². The number of halogens is 2. The molecule has 0 aliphatic carbocycles. The minimum Gasteiger partial charge on any atom is -0.366 e. The van der Waals surface area contributed by atoms with Crippen LogP contribution in [-0.4, -0.2) is 47.8 Å². The Kier molecular flexibility index (Phi) is 8.87. The van der Waals surface area contributed by atoms with Crippen molar-refractivity contribution in [2.75, 3.05) is 25.0 Å². The summed E-state index contributed by atoms with van der Waals surface area (Å²) in [7, 11) is 0. The number of rotatable bonds is 8. The number of hydrogen-bond donors (Lipinski definition) is 2. The van der Waals surface area contributed by atoms with E-state index in [1.54, 1.807) is 24.4 Å². The molecule has 0 bridgehead atoms. The van der Waals surface area contributed by atoms with E-state index >= 15 is 0 Å². The molecule has 2 aliphatic heterocycles. The van der Waals surface area contributed by atoms with Gasteiger partial charge in [-0.25, -0.2) is 19.7 Å². The van der Waals surface area contributed by atoms with Gasteiger partial charge in [0.05, 0.1) is 5.02 Å². The first-order valence-electron chi connectivity index (χ1n) is 11.7. The summed E-state index contributed by atoms with van der Waals surface area (Å²) in [6.07, 6.45) is 8.91. The zero-order valence-electron chi connectivity index (χ0n) is 19.0. The predicted molar refractivity (Wildman–Crippen MR) is 129 cm³/mol. The normalized spacial score (nSPS) is 19.9. The van der Waals surface area contributed by atoms with Crippen LogP contribution in [0.4, 0.5) is 10.2 Å². The van der Waals surface area contributed by atoms with Crippen molar-refractivity contribution in [3.63, 3.8) is 0 Å². The number of carbonyl (C=O) groups excluding carboxylic acids is 1. The van der Waals surface area contributed by atoms with E-state index < -0.39 is 0 Å². The average molecular weight is 489 g/mol. The zero-order valence-corrected chi connectivity index (χ0v) is 19.8. The Labute approximate surface area is 204 Å². The van der Waals surface area contributed by atoms with Crippen LogP contribution in [0.1, 0.15) is 43.2 Å². The molecule has 1 aromatic heterocycles. The molecule has 3 heterocycles. The summed E-state index contributed by atoms with van der Waals surface area (Å²) in [4.78, 5) is 23.9. The highest BCUT2D eigenvalue weighted by molar-refractivity contribution is 6.33. The number of ether oxygens (including phenoxy) is 1. The van der Waals surface area contributed by atoms with Gasteiger partial charge in [0, 0.05) is 56.5 Å². The number of benzene rings is 1. The Bertz CT molecular complexity index is 992. The van der Waals surface area contributed by atoms with Gasteiger partial charge in [-0.2, -0.15) is 0 Å². The van der Waals surface area contributed by atoms with Gasteiger partial charge in [0.25, 0.3) is 5.91 Å². The minimum absolute atomic E-state index is 0.156. The number of nitrogens with zero attached hydrogens (tertiary/aromatic N) is 2. The SMILES string of the molecule is O=C(/C=C/c1cnc(NC2CCN(Cc3ccccc3F)CC2)c(Cl)c1)NOC1CCCCO1. The molecule has 7 nitrogen and oxygen atoms in total. The van der Waals surface area contributed by atoms with E-state index in [1.807, 2.05) is 12.1 Å². The van der Waals surface area contributed by atoms with Gasteiger partial charge in [0.2, 0.25) is 0 Å². The molecule has 0 saturated carbocycles. The molecule has 9 heteroatoms. The lowest BCUT2D eigenvalue weighted by Crippen LogP contribution is -2.39. The fourth-order valence-corrected chi connectivity index (χ4v) is 4.31. The van der Waals surface area contributed by atoms with Crippen LogP contribution in [0.15, 0.2) is 42.6 Å². The first kappa shape index (κ1) is 24.6. The first-order valence-corrected chi connectivity index (χ1v) is 12.1. The van der Waals surface area contributed by atoms with E-state index in [9.17, 15) is 9.18 Å². The summed E-state index contributed by atoms with van der Waals surface area (Å²) in [5, 5.41) is 3.90. The second-order valence-corrected chi connectivity index (χ2v) is 9.01. The Morgan fingerprint density at radius 2 is 2.09 bits per heavy atom. The maximum absolute atomic E-state index is 13.9. The van der Waals surface area contributed by atoms with E-state index in [0.717, 1.165) is 50.8 Å². The number of hydrogen-bond acceptors (Lipinski definition) is 6. The molecule has 2 fully saturated rings. The quantitative estimate of drug-likeness (QED) is 0.420. The maximum atomic E-state index is 13.9. The predicted octanol–water partition coefficient (Wildman–Crippen LogP) is 4.54. The highest BCUT2D eigenvalue weighted by Gasteiger charge is 2.21. The molecule has 0 radical (unpaired) electrons. The van der Waals surface area contributed by atoms with Crippen LogP contribution in [-0.2, 0) is 20.9 Å². The molecular weight excluding hydrogens is 459 g/mol. The van der Waals surface area contributed by atoms with Crippen molar-refractivity contribution in [3.05, 3.63) is 64.6 Å². The summed E-state index contributed by atoms with van der Waals surface area (Å²) < 4.78 is 19.3. The van der Waals surface area contributed by atoms with Gasteiger partial charge in [-0.05, 0) is 49.5 Å². The van der Waals surface area contributed by atoms with E-state index in [1.165, 1.54) is 12.1 Å². The van der Waals surface area contributed by atoms with Gasteiger partial charge >= 0.3 is 0 Å². The standard InChI is InChI=1S/C25H30ClFN4O3/c26-21-15-18(8-9-23(32)30-34-24-7-3-4-14-33-24)16-28-25(21)29-20-10-12-31(13-11-20)17-19-5-1-2-6-22(19)27/h1-2,5-6,8-9,15-16,20,24H,3-4,7,10-14,17H2,(H,28,29)(H,30,32)/b9-8+. The van der Waals surface area contributed by atoms with Gasteiger partial charge in [-0.15, -0.1) is 0 Å². The molecule has 2 aliphatic rings. The second-order valence-electron chi connectivity index (χ2n) is 8.60. The Morgan fingerprint density at radius 3 is 2.82 bits per heavy atom. The number of aromatic nitrogens is 1. The third-order valence-electron chi connectivity index (χ3n) is 6.00. The number of pyridine rings is 1. The molecule has 1 aromatic carbocycles. The molecule has 0 spiro atoms. The summed E-state index contributed by atoms with van der Waals surface area (Å²) in [5.41, 5.74) is 3.82. The molecule has 1 atom stereocenters. The lowest BCUT2D eigenvalue weighted by Gasteiger charge is -2.32. The molecule has 34 heavy (non-hydrogen) atoms. The maximum Gasteiger partial charge on any atom is 0.267 e. The van der Waals surface area contributed by atoms with E-state index in [0.29, 0.717) is 29.6 Å². The van der Waals surface area contributed by atoms with Crippen LogP contribution in [0.5, 0.6) is 0 Å². The fraction of sp³-hybridized carbons (Fsp3) is 0.440. The summed E-state index contributed by atoms with van der Waals surface area (Å²) in [6.45, 7) is 3.00. The summed E-state index contributed by atoms with van der Waals surface area (Å²) in [6, 6.07) is 8.92. The van der Waals surface area contributed by atoms with E-state index in [2.05, 4.69) is 20.7 Å². The highest BCUT2D eigenvalue weighted by atomic mass is 35.5. The van der Waals surface area contributed by atoms with Crippen molar-refractivity contribution >= 4 is 29.4 Å². The van der Waals surface area contributed by atoms with Crippen LogP contribution in [0.2, 0.25) is 5.02 Å². The van der Waals surface area contributed by atoms with Crippen molar-refractivity contribution in [2.45, 2.75) is 51.0 Å². The molecule has 182 valence electrons. The largest absolute Gasteiger partial charge is 0.366 e. The minimum atomic E-state index is -0.390. The van der Waals surface area contributed by atoms with Gasteiger partial charge in [0.1, 0.15) is 11.6 Å². The van der Waals surface area contributed by atoms with Gasteiger partial charge in [-0.3, -0.25) is 9.69 Å². The monoisotopic (exact) mass is 488 g/mol. The van der Waals surface area contributed by atoms with Gasteiger partial charge in [0.15, 0.2) is 6.29 Å². The molecule has 1 amide bonds. The van der Waals surface area contributed by atoms with Crippen molar-refractivity contribution in [2.24, 2.45) is 0 Å². The molecule has 1 unspecified atom stereocenters. The molecule has 2 N–H and O–H groups in total. The summed E-state index contributed by atoms with van der Waals surface area (Å²) in [5.74, 6) is 0.0827. The Balaban J connectivity index is 1.22. The highest BCUT2D eigenvalue weighted by Crippen LogP contribution is 2.24. The van der Waals surface area contributed by atoms with Crippen molar-refractivity contribution in [3.8, 4) is 0 Å². The Hall–Kier alpha value is -2.52. The molecule has 2 aromatic rings. The van der Waals surface area contributed by atoms with Gasteiger partial charge in [-0.1, -0.05) is 29.8 Å². The Morgan fingerprint density at radius 1 is 1.26 bits per heavy atom. The number of carbonyl (C=O) groups is 1. The molecule has 2 saturated heterocycles. The topological polar surface area (TPSA) is 75.7 Å². The van der Waals surface area contributed by atoms with Crippen LogP contribution in [0.3, 0.4) is 0 Å². The number of likely N-dealkylation sites (tertiary alicyclic amines) is 1. The van der Waals surface area contributed by atoms with E-state index in [4.69, 9.17) is 21.2 Å². The zero-order chi connectivity index (χ0) is 23.8. The van der Waals surface area contributed by atoms with Crippen LogP contribution in [0.25, 0.3) is 6.08 Å². The second kappa shape index (κ2) is 12.3. The lowest BCUT2D eigenvalue weighted by atomic mass is 10.0. The first-order chi connectivity index (χ1) is 16.6. The fourth-order valence-electron chi connectivity index (χ4n) is 4.08. The average Bonchev–Trinajstić information content (AvgIpc) is 2.86. The number of piperidine rings is 1. The van der Waals surface area contributed by atoms with Crippen molar-refractivity contribution in [1.82, 2.24) is 15.4 Å².